The van der Waals surface area contributed by atoms with Crippen LogP contribution in [0, 0.1) is 9.39 Å². The van der Waals surface area contributed by atoms with Crippen LogP contribution in [-0.2, 0) is 4.84 Å². The van der Waals surface area contributed by atoms with Crippen molar-refractivity contribution in [1.82, 2.24) is 14.9 Å². The Morgan fingerprint density at radius 2 is 2.20 bits per heavy atom. The van der Waals surface area contributed by atoms with Crippen LogP contribution in [-0.4, -0.2) is 33.6 Å². The largest absolute Gasteiger partial charge is 0.394 e. The van der Waals surface area contributed by atoms with E-state index in [4.69, 9.17) is 9.94 Å². The zero-order chi connectivity index (χ0) is 17.8. The van der Waals surface area contributed by atoms with Crippen LogP contribution in [0.25, 0.3) is 5.52 Å². The number of aromatic nitrogens is 2. The molecular weight excluding hydrogens is 442 g/mol. The van der Waals surface area contributed by atoms with Crippen LogP contribution in [0.5, 0.6) is 0 Å². The third kappa shape index (κ3) is 3.89. The maximum absolute atomic E-state index is 14.2. The molecule has 3 rings (SSSR count). The van der Waals surface area contributed by atoms with Crippen molar-refractivity contribution in [3.8, 4) is 0 Å². The summed E-state index contributed by atoms with van der Waals surface area (Å²) >= 11 is 2.02. The highest BCUT2D eigenvalue weighted by atomic mass is 127. The van der Waals surface area contributed by atoms with Crippen LogP contribution in [0.15, 0.2) is 42.9 Å². The number of rotatable bonds is 6. The van der Waals surface area contributed by atoms with Gasteiger partial charge < -0.3 is 10.4 Å². The lowest BCUT2D eigenvalue weighted by Gasteiger charge is -2.11. The number of carbonyl (C=O) groups excluding carboxylic acids is 1. The van der Waals surface area contributed by atoms with Crippen molar-refractivity contribution < 1.29 is 19.1 Å². The van der Waals surface area contributed by atoms with Crippen LogP contribution in [0.4, 0.5) is 15.9 Å². The van der Waals surface area contributed by atoms with E-state index < -0.39 is 11.7 Å². The Hall–Kier alpha value is -2.24. The molecule has 0 aliphatic carbocycles. The van der Waals surface area contributed by atoms with E-state index in [1.807, 2.05) is 22.6 Å². The van der Waals surface area contributed by atoms with Gasteiger partial charge in [-0.2, -0.15) is 0 Å². The third-order valence-corrected chi connectivity index (χ3v) is 4.04. The molecule has 0 aliphatic rings. The van der Waals surface area contributed by atoms with E-state index >= 15 is 0 Å². The van der Waals surface area contributed by atoms with Gasteiger partial charge in [-0.05, 0) is 52.9 Å². The first kappa shape index (κ1) is 17.6. The molecule has 2 heterocycles. The lowest BCUT2D eigenvalue weighted by molar-refractivity contribution is 0.0169. The minimum absolute atomic E-state index is 0.0326. The highest BCUT2D eigenvalue weighted by Gasteiger charge is 2.18. The fraction of sp³-hybridized carbons (Fsp3) is 0.125. The van der Waals surface area contributed by atoms with Crippen molar-refractivity contribution >= 4 is 45.5 Å². The summed E-state index contributed by atoms with van der Waals surface area (Å²) in [7, 11) is 0. The number of hydroxylamine groups is 1. The smallest absolute Gasteiger partial charge is 0.278 e. The molecule has 7 nitrogen and oxygen atoms in total. The predicted octanol–water partition coefficient (Wildman–Crippen LogP) is 2.48. The molecule has 0 fully saturated rings. The second kappa shape index (κ2) is 7.76. The summed E-state index contributed by atoms with van der Waals surface area (Å²) in [5.74, 6) is -0.604. The van der Waals surface area contributed by atoms with Crippen LogP contribution >= 0.6 is 22.6 Å². The van der Waals surface area contributed by atoms with Gasteiger partial charge in [0.2, 0.25) is 0 Å². The number of anilines is 2. The van der Waals surface area contributed by atoms with Gasteiger partial charge in [0.05, 0.1) is 30.0 Å². The van der Waals surface area contributed by atoms with E-state index in [0.717, 1.165) is 3.57 Å². The summed E-state index contributed by atoms with van der Waals surface area (Å²) in [5.41, 5.74) is 3.43. The Bertz CT molecular complexity index is 916. The van der Waals surface area contributed by atoms with E-state index in [2.05, 4.69) is 15.8 Å². The fourth-order valence-electron chi connectivity index (χ4n) is 2.26. The summed E-state index contributed by atoms with van der Waals surface area (Å²) in [5, 5.41) is 11.7. The summed E-state index contributed by atoms with van der Waals surface area (Å²) < 4.78 is 16.6. The molecule has 9 heteroatoms. The summed E-state index contributed by atoms with van der Waals surface area (Å²) in [6.07, 6.45) is 3.11. The fourth-order valence-corrected chi connectivity index (χ4v) is 2.71. The second-order valence-corrected chi connectivity index (χ2v) is 6.28. The molecule has 1 amide bonds. The standard InChI is InChI=1S/C16H14FIN4O3/c17-13-7-10(18)1-2-14(13)20-15-12(16(24)21-25-6-5-23)8-11-3-4-19-9-22(11)15/h1-4,7-9,20,23H,5-6H2,(H,21,24). The second-order valence-electron chi connectivity index (χ2n) is 5.03. The lowest BCUT2D eigenvalue weighted by Crippen LogP contribution is -2.25. The normalized spacial score (nSPS) is 10.8. The van der Waals surface area contributed by atoms with Gasteiger partial charge in [0.1, 0.15) is 18.0 Å². The zero-order valence-electron chi connectivity index (χ0n) is 12.9. The van der Waals surface area contributed by atoms with Crippen molar-refractivity contribution in [3.63, 3.8) is 0 Å². The summed E-state index contributed by atoms with van der Waals surface area (Å²) in [6, 6.07) is 8.09. The molecule has 25 heavy (non-hydrogen) atoms. The summed E-state index contributed by atoms with van der Waals surface area (Å²) in [4.78, 5) is 21.2. The first-order valence-electron chi connectivity index (χ1n) is 7.30. The van der Waals surface area contributed by atoms with Gasteiger partial charge in [-0.15, -0.1) is 0 Å². The lowest BCUT2D eigenvalue weighted by atomic mass is 10.2. The number of fused-ring (bicyclic) bond motifs is 1. The topological polar surface area (TPSA) is 87.9 Å². The van der Waals surface area contributed by atoms with Gasteiger partial charge in [0.25, 0.3) is 5.91 Å². The third-order valence-electron chi connectivity index (χ3n) is 3.37. The molecule has 0 unspecified atom stereocenters. The SMILES string of the molecule is O=C(NOCCO)c1cc2ccncn2c1Nc1ccc(I)cc1F. The Morgan fingerprint density at radius 3 is 2.96 bits per heavy atom. The zero-order valence-corrected chi connectivity index (χ0v) is 15.0. The molecule has 3 N–H and O–H groups in total. The molecule has 2 aromatic heterocycles. The van der Waals surface area contributed by atoms with Gasteiger partial charge in [-0.25, -0.2) is 14.9 Å². The predicted molar refractivity (Wildman–Crippen MR) is 98.1 cm³/mol. The molecule has 0 spiro atoms. The van der Waals surface area contributed by atoms with E-state index in [-0.39, 0.29) is 24.5 Å². The highest BCUT2D eigenvalue weighted by molar-refractivity contribution is 14.1. The van der Waals surface area contributed by atoms with Gasteiger partial charge >= 0.3 is 0 Å². The van der Waals surface area contributed by atoms with Crippen molar-refractivity contribution in [2.24, 2.45) is 0 Å². The van der Waals surface area contributed by atoms with Crippen molar-refractivity contribution in [2.45, 2.75) is 0 Å². The molecule has 0 saturated heterocycles. The number of carbonyl (C=O) groups is 1. The maximum atomic E-state index is 14.2. The quantitative estimate of drug-likeness (QED) is 0.302. The monoisotopic (exact) mass is 456 g/mol. The average molecular weight is 456 g/mol. The van der Waals surface area contributed by atoms with Crippen molar-refractivity contribution in [3.05, 3.63) is 57.8 Å². The first-order chi connectivity index (χ1) is 12.1. The van der Waals surface area contributed by atoms with Crippen molar-refractivity contribution in [2.75, 3.05) is 18.5 Å². The van der Waals surface area contributed by atoms with Crippen LogP contribution in [0.2, 0.25) is 0 Å². The molecule has 1 aromatic carbocycles. The Balaban J connectivity index is 1.99. The molecule has 3 aromatic rings. The van der Waals surface area contributed by atoms with E-state index in [9.17, 15) is 9.18 Å². The molecule has 0 saturated carbocycles. The van der Waals surface area contributed by atoms with Crippen molar-refractivity contribution in [1.29, 1.82) is 0 Å². The van der Waals surface area contributed by atoms with Gasteiger partial charge in [-0.1, -0.05) is 0 Å². The number of nitrogens with one attached hydrogen (secondary N) is 2. The van der Waals surface area contributed by atoms with Gasteiger partial charge in [0.15, 0.2) is 0 Å². The summed E-state index contributed by atoms with van der Waals surface area (Å²) in [6.45, 7) is -0.254. The van der Waals surface area contributed by atoms with Crippen LogP contribution < -0.4 is 10.8 Å². The van der Waals surface area contributed by atoms with E-state index in [1.54, 1.807) is 34.9 Å². The maximum Gasteiger partial charge on any atom is 0.278 e. The number of hydrogen-bond donors (Lipinski definition) is 3. The minimum Gasteiger partial charge on any atom is -0.394 e. The number of amides is 1. The Kier molecular flexibility index (Phi) is 5.46. The number of halogens is 2. The van der Waals surface area contributed by atoms with Gasteiger partial charge in [0, 0.05) is 9.77 Å². The molecule has 130 valence electrons. The molecule has 0 bridgehead atoms. The highest BCUT2D eigenvalue weighted by Crippen LogP contribution is 2.27. The minimum atomic E-state index is -0.523. The van der Waals surface area contributed by atoms with Crippen LogP contribution in [0.3, 0.4) is 0 Å². The average Bonchev–Trinajstić information content (AvgIpc) is 2.96. The number of nitrogens with zero attached hydrogens (tertiary/aromatic N) is 2. The number of benzene rings is 1. The first-order valence-corrected chi connectivity index (χ1v) is 8.38. The molecule has 0 aliphatic heterocycles. The van der Waals surface area contributed by atoms with E-state index in [1.165, 1.54) is 12.4 Å². The Morgan fingerprint density at radius 1 is 1.36 bits per heavy atom. The Labute approximate surface area is 155 Å². The number of hydrogen-bond acceptors (Lipinski definition) is 5. The molecular formula is C16H14FIN4O3. The van der Waals surface area contributed by atoms with E-state index in [0.29, 0.717) is 11.3 Å². The van der Waals surface area contributed by atoms with Crippen LogP contribution in [0.1, 0.15) is 10.4 Å². The molecule has 0 radical (unpaired) electrons. The number of aliphatic hydroxyl groups is 1. The van der Waals surface area contributed by atoms with Gasteiger partial charge in [-0.3, -0.25) is 14.0 Å². The number of aliphatic hydroxyl groups excluding tert-OH is 1. The molecule has 0 atom stereocenters.